The first-order valence-electron chi connectivity index (χ1n) is 16.1. The topological polar surface area (TPSA) is 6.48 Å². The summed E-state index contributed by atoms with van der Waals surface area (Å²) in [6.45, 7) is 7.99. The van der Waals surface area contributed by atoms with Gasteiger partial charge in [-0.1, -0.05) is 116 Å². The van der Waals surface area contributed by atoms with Crippen molar-refractivity contribution in [1.29, 1.82) is 0 Å². The molecule has 0 saturated carbocycles. The summed E-state index contributed by atoms with van der Waals surface area (Å²) in [5, 5.41) is 7.41. The molecule has 0 aliphatic heterocycles. The van der Waals surface area contributed by atoms with E-state index < -0.39 is 0 Å². The second-order valence-corrected chi connectivity index (χ2v) is 11.5. The molecule has 0 atom stereocenters. The van der Waals surface area contributed by atoms with E-state index in [2.05, 4.69) is 187 Å². The average Bonchev–Trinajstić information content (AvgIpc) is 3.11. The van der Waals surface area contributed by atoms with E-state index in [-0.39, 0.29) is 0 Å². The fraction of sp³-hybridized carbons (Fsp3) is 0.0667. The Kier molecular flexibility index (Phi) is 9.60. The first kappa shape index (κ1) is 31.1. The molecule has 0 N–H and O–H groups in total. The predicted octanol–water partition coefficient (Wildman–Crippen LogP) is 12.8. The van der Waals surface area contributed by atoms with Crippen LogP contribution in [0.1, 0.15) is 13.8 Å². The lowest BCUT2D eigenvalue weighted by Gasteiger charge is -2.25. The van der Waals surface area contributed by atoms with Crippen LogP contribution in [0.2, 0.25) is 0 Å². The predicted molar refractivity (Wildman–Crippen MR) is 207 cm³/mol. The molecule has 0 aliphatic carbocycles. The van der Waals surface area contributed by atoms with Gasteiger partial charge in [-0.05, 0) is 113 Å². The smallest absolute Gasteiger partial charge is 0.0533 e. The van der Waals surface area contributed by atoms with E-state index in [4.69, 9.17) is 0 Å². The molecule has 47 heavy (non-hydrogen) atoms. The van der Waals surface area contributed by atoms with Crippen LogP contribution in [0.4, 0.5) is 22.7 Å². The Morgan fingerprint density at radius 1 is 0.553 bits per heavy atom. The molecular weight excluding hydrogens is 569 g/mol. The molecule has 0 amide bonds. The van der Waals surface area contributed by atoms with Crippen LogP contribution < -0.4 is 9.80 Å². The summed E-state index contributed by atoms with van der Waals surface area (Å²) < 4.78 is 0. The number of rotatable bonds is 10. The number of hydrogen-bond donors (Lipinski definition) is 0. The van der Waals surface area contributed by atoms with Crippen LogP contribution in [0, 0.1) is 0 Å². The number of anilines is 4. The third-order valence-corrected chi connectivity index (χ3v) is 8.45. The minimum absolute atomic E-state index is 1.08. The summed E-state index contributed by atoms with van der Waals surface area (Å²) in [4.78, 5) is 4.51. The number of allylic oxidation sites excluding steroid dienone is 10. The highest BCUT2D eigenvalue weighted by Gasteiger charge is 2.12. The third kappa shape index (κ3) is 6.88. The van der Waals surface area contributed by atoms with Crippen molar-refractivity contribution >= 4 is 55.1 Å². The zero-order chi connectivity index (χ0) is 32.6. The zero-order valence-electron chi connectivity index (χ0n) is 27.3. The lowest BCUT2D eigenvalue weighted by molar-refractivity contribution is 1.21. The maximum Gasteiger partial charge on any atom is 0.0533 e. The number of hydrogen-bond acceptors (Lipinski definition) is 2. The van der Waals surface area contributed by atoms with Crippen LogP contribution >= 0.6 is 0 Å². The highest BCUT2D eigenvalue weighted by Crippen LogP contribution is 2.35. The lowest BCUT2D eigenvalue weighted by atomic mass is 10.0. The molecule has 0 saturated heterocycles. The van der Waals surface area contributed by atoms with E-state index in [0.29, 0.717) is 0 Å². The van der Waals surface area contributed by atoms with Gasteiger partial charge in [-0.25, -0.2) is 0 Å². The van der Waals surface area contributed by atoms with Gasteiger partial charge in [-0.3, -0.25) is 0 Å². The molecule has 0 unspecified atom stereocenters. The maximum absolute atomic E-state index is 3.91. The molecule has 6 aromatic carbocycles. The summed E-state index contributed by atoms with van der Waals surface area (Å²) in [6, 6.07) is 43.6. The van der Waals surface area contributed by atoms with Crippen molar-refractivity contribution in [2.45, 2.75) is 13.8 Å². The molecule has 2 nitrogen and oxygen atoms in total. The van der Waals surface area contributed by atoms with Gasteiger partial charge in [0.05, 0.1) is 5.69 Å². The van der Waals surface area contributed by atoms with Crippen LogP contribution in [0.15, 0.2) is 194 Å². The van der Waals surface area contributed by atoms with Crippen molar-refractivity contribution < 1.29 is 0 Å². The van der Waals surface area contributed by atoms with Crippen molar-refractivity contribution in [2.75, 3.05) is 16.8 Å². The van der Waals surface area contributed by atoms with E-state index in [1.54, 1.807) is 0 Å². The Hall–Kier alpha value is -5.86. The summed E-state index contributed by atoms with van der Waals surface area (Å²) in [7, 11) is 2.13. The molecular formula is C45H40N2. The molecule has 2 heteroatoms. The van der Waals surface area contributed by atoms with Crippen LogP contribution in [0.5, 0.6) is 0 Å². The van der Waals surface area contributed by atoms with Gasteiger partial charge in [0, 0.05) is 35.7 Å². The van der Waals surface area contributed by atoms with Crippen LogP contribution in [0.3, 0.4) is 0 Å². The molecule has 0 spiro atoms. The summed E-state index contributed by atoms with van der Waals surface area (Å²) in [5.74, 6) is 0. The van der Waals surface area contributed by atoms with Crippen molar-refractivity contribution in [3.05, 3.63) is 194 Å². The molecule has 0 heterocycles. The first-order chi connectivity index (χ1) is 23.1. The molecule has 0 aliphatic rings. The summed E-state index contributed by atoms with van der Waals surface area (Å²) in [5.41, 5.74) is 6.69. The van der Waals surface area contributed by atoms with Crippen molar-refractivity contribution in [3.8, 4) is 0 Å². The molecule has 230 valence electrons. The number of fused-ring (bicyclic) bond motifs is 3. The molecule has 0 aromatic heterocycles. The fourth-order valence-corrected chi connectivity index (χ4v) is 6.06. The van der Waals surface area contributed by atoms with Gasteiger partial charge in [0.2, 0.25) is 0 Å². The van der Waals surface area contributed by atoms with E-state index in [9.17, 15) is 0 Å². The van der Waals surface area contributed by atoms with E-state index >= 15 is 0 Å². The number of benzene rings is 6. The normalized spacial score (nSPS) is 12.7. The zero-order valence-corrected chi connectivity index (χ0v) is 27.3. The summed E-state index contributed by atoms with van der Waals surface area (Å²) >= 11 is 0. The van der Waals surface area contributed by atoms with Gasteiger partial charge in [-0.15, -0.1) is 0 Å². The van der Waals surface area contributed by atoms with E-state index in [1.165, 1.54) is 32.3 Å². The molecule has 6 aromatic rings. The average molecular weight is 609 g/mol. The molecule has 0 fully saturated rings. The molecule has 0 bridgehead atoms. The fourth-order valence-electron chi connectivity index (χ4n) is 6.06. The van der Waals surface area contributed by atoms with Crippen LogP contribution in [-0.4, -0.2) is 7.05 Å². The Morgan fingerprint density at radius 3 is 1.83 bits per heavy atom. The Balaban J connectivity index is 1.36. The van der Waals surface area contributed by atoms with E-state index in [0.717, 1.165) is 33.9 Å². The minimum Gasteiger partial charge on any atom is -0.345 e. The second kappa shape index (κ2) is 14.5. The first-order valence-corrected chi connectivity index (χ1v) is 16.1. The van der Waals surface area contributed by atoms with Crippen molar-refractivity contribution in [1.82, 2.24) is 0 Å². The van der Waals surface area contributed by atoms with Gasteiger partial charge in [-0.2, -0.15) is 0 Å². The molecule has 0 radical (unpaired) electrons. The highest BCUT2D eigenvalue weighted by molar-refractivity contribution is 6.00. The monoisotopic (exact) mass is 608 g/mol. The van der Waals surface area contributed by atoms with Gasteiger partial charge in [0.1, 0.15) is 0 Å². The Labute approximate surface area is 278 Å². The largest absolute Gasteiger partial charge is 0.345 e. The number of nitrogens with zero attached hydrogens (tertiary/aromatic N) is 2. The van der Waals surface area contributed by atoms with Gasteiger partial charge in [0.25, 0.3) is 0 Å². The van der Waals surface area contributed by atoms with Crippen molar-refractivity contribution in [3.63, 3.8) is 0 Å². The summed E-state index contributed by atoms with van der Waals surface area (Å²) in [6.07, 6.45) is 18.6. The standard InChI is InChI=1S/C45H40N2/c1-5-14-34(15-6-2)35(16-7-3)21-13-30-47(45-23-12-20-36-17-10-11-22-44(36)45)42-28-26-41(27-29-42)46(4)43-25-24-39-31-37-18-8-9-19-38(37)32-40(39)33-43/h5-33H,1H2,2-4H3/b15-6-,16-7-,30-13+,34-14+,35-21+. The Bertz CT molecular complexity index is 2190. The van der Waals surface area contributed by atoms with Crippen molar-refractivity contribution in [2.24, 2.45) is 0 Å². The lowest BCUT2D eigenvalue weighted by Crippen LogP contribution is -2.11. The second-order valence-electron chi connectivity index (χ2n) is 11.5. The van der Waals surface area contributed by atoms with Crippen LogP contribution in [-0.2, 0) is 0 Å². The molecule has 6 rings (SSSR count). The maximum atomic E-state index is 3.91. The van der Waals surface area contributed by atoms with E-state index in [1.807, 2.05) is 26.0 Å². The third-order valence-electron chi connectivity index (χ3n) is 8.45. The Morgan fingerprint density at radius 2 is 1.13 bits per heavy atom. The minimum atomic E-state index is 1.08. The van der Waals surface area contributed by atoms with Gasteiger partial charge >= 0.3 is 0 Å². The van der Waals surface area contributed by atoms with Gasteiger partial charge in [0.15, 0.2) is 0 Å². The SMILES string of the molecule is C=C/C=C(\C=C/C)C(/C=C\C)=C/C=C/N(c1ccc(N(C)c2ccc3cc4ccccc4cc3c2)cc1)c1cccc2ccccc12. The van der Waals surface area contributed by atoms with Gasteiger partial charge < -0.3 is 9.80 Å². The highest BCUT2D eigenvalue weighted by atomic mass is 15.1. The quantitative estimate of drug-likeness (QED) is 0.113. The van der Waals surface area contributed by atoms with Crippen LogP contribution in [0.25, 0.3) is 32.3 Å².